The van der Waals surface area contributed by atoms with E-state index in [1.807, 2.05) is 0 Å². The fraction of sp³-hybridized carbons (Fsp3) is 0.667. The van der Waals surface area contributed by atoms with Crippen LogP contribution in [-0.4, -0.2) is 44.1 Å². The molecule has 1 aromatic rings. The summed E-state index contributed by atoms with van der Waals surface area (Å²) in [5.74, 6) is 0.161. The molecule has 1 aliphatic rings. The van der Waals surface area contributed by atoms with Crippen molar-refractivity contribution in [2.45, 2.75) is 26.3 Å². The molecule has 7 nitrogen and oxygen atoms in total. The molecule has 0 bridgehead atoms. The summed E-state index contributed by atoms with van der Waals surface area (Å²) in [6.07, 6.45) is 4.03. The van der Waals surface area contributed by atoms with Crippen LogP contribution in [0.5, 0.6) is 0 Å². The lowest BCUT2D eigenvalue weighted by Gasteiger charge is -2.09. The molecule has 21 heavy (non-hydrogen) atoms. The number of nitrogens with one attached hydrogen (secondary N) is 1. The summed E-state index contributed by atoms with van der Waals surface area (Å²) in [6, 6.07) is 0. The second-order valence-corrected chi connectivity index (χ2v) is 9.50. The van der Waals surface area contributed by atoms with E-state index in [1.165, 1.54) is 6.20 Å². The van der Waals surface area contributed by atoms with Crippen molar-refractivity contribution in [1.29, 1.82) is 0 Å². The maximum Gasteiger partial charge on any atom is 0.211 e. The maximum atomic E-state index is 11.9. The molecular weight excluding hydrogens is 314 g/mol. The van der Waals surface area contributed by atoms with Gasteiger partial charge in [-0.25, -0.2) is 21.6 Å². The first kappa shape index (κ1) is 16.3. The predicted molar refractivity (Wildman–Crippen MR) is 78.8 cm³/mol. The van der Waals surface area contributed by atoms with Gasteiger partial charge in [-0.15, -0.1) is 0 Å². The van der Waals surface area contributed by atoms with Crippen LogP contribution in [0.1, 0.15) is 24.2 Å². The van der Waals surface area contributed by atoms with E-state index in [-0.39, 0.29) is 29.7 Å². The van der Waals surface area contributed by atoms with Crippen LogP contribution >= 0.6 is 0 Å². The molecule has 1 saturated heterocycles. The molecule has 0 radical (unpaired) electrons. The lowest BCUT2D eigenvalue weighted by atomic mass is 10.1. The van der Waals surface area contributed by atoms with Crippen LogP contribution in [0.25, 0.3) is 0 Å². The van der Waals surface area contributed by atoms with Crippen LogP contribution in [0.15, 0.2) is 12.4 Å². The molecular formula is C12H19N3O4S2. The summed E-state index contributed by atoms with van der Waals surface area (Å²) < 4.78 is 48.9. The first-order chi connectivity index (χ1) is 9.76. The molecule has 1 atom stereocenters. The van der Waals surface area contributed by atoms with Crippen molar-refractivity contribution in [2.24, 2.45) is 5.92 Å². The Kier molecular flexibility index (Phi) is 4.95. The average molecular weight is 333 g/mol. The molecule has 1 unspecified atom stereocenters. The number of aryl methyl sites for hydroxylation is 1. The van der Waals surface area contributed by atoms with E-state index in [9.17, 15) is 16.8 Å². The van der Waals surface area contributed by atoms with E-state index in [1.54, 1.807) is 13.1 Å². The smallest absolute Gasteiger partial charge is 0.211 e. The molecule has 0 saturated carbocycles. The van der Waals surface area contributed by atoms with Gasteiger partial charge in [-0.2, -0.15) is 0 Å². The van der Waals surface area contributed by atoms with Crippen LogP contribution < -0.4 is 4.72 Å². The average Bonchev–Trinajstić information content (AvgIpc) is 2.76. The Hall–Kier alpha value is -1.06. The Labute approximate surface area is 125 Å². The summed E-state index contributed by atoms with van der Waals surface area (Å²) in [5, 5.41) is 0. The Bertz CT molecular complexity index is 684. The Morgan fingerprint density at radius 1 is 1.33 bits per heavy atom. The number of hydrogen-bond donors (Lipinski definition) is 1. The highest BCUT2D eigenvalue weighted by Gasteiger charge is 2.28. The van der Waals surface area contributed by atoms with Crippen molar-refractivity contribution in [3.63, 3.8) is 0 Å². The molecule has 0 amide bonds. The fourth-order valence-corrected chi connectivity index (χ4v) is 5.25. The van der Waals surface area contributed by atoms with Crippen LogP contribution in [0, 0.1) is 12.8 Å². The molecule has 0 aliphatic carbocycles. The minimum atomic E-state index is -3.43. The van der Waals surface area contributed by atoms with Crippen molar-refractivity contribution in [3.8, 4) is 0 Å². The molecule has 2 heterocycles. The van der Waals surface area contributed by atoms with Crippen molar-refractivity contribution in [3.05, 3.63) is 23.8 Å². The van der Waals surface area contributed by atoms with E-state index in [2.05, 4.69) is 14.7 Å². The molecule has 1 aliphatic heterocycles. The lowest BCUT2D eigenvalue weighted by Crippen LogP contribution is -2.27. The second kappa shape index (κ2) is 6.37. The minimum Gasteiger partial charge on any atom is -0.258 e. The van der Waals surface area contributed by atoms with Gasteiger partial charge < -0.3 is 0 Å². The van der Waals surface area contributed by atoms with Crippen LogP contribution in [0.3, 0.4) is 0 Å². The second-order valence-electron chi connectivity index (χ2n) is 5.35. The molecule has 1 aromatic heterocycles. The number of nitrogens with zero attached hydrogens (tertiary/aromatic N) is 2. The van der Waals surface area contributed by atoms with Gasteiger partial charge in [-0.1, -0.05) is 0 Å². The number of sulfonamides is 1. The summed E-state index contributed by atoms with van der Waals surface area (Å²) in [7, 11) is -6.38. The predicted octanol–water partition coefficient (Wildman–Crippen LogP) is 0.0292. The maximum absolute atomic E-state index is 11.9. The van der Waals surface area contributed by atoms with Gasteiger partial charge in [0.25, 0.3) is 0 Å². The summed E-state index contributed by atoms with van der Waals surface area (Å²) in [5.41, 5.74) is 1.32. The molecule has 1 N–H and O–H groups in total. The lowest BCUT2D eigenvalue weighted by molar-refractivity contribution is 0.543. The Balaban J connectivity index is 1.81. The quantitative estimate of drug-likeness (QED) is 0.787. The van der Waals surface area contributed by atoms with Gasteiger partial charge in [-0.3, -0.25) is 9.97 Å². The summed E-state index contributed by atoms with van der Waals surface area (Å²) >= 11 is 0. The molecule has 9 heteroatoms. The van der Waals surface area contributed by atoms with Gasteiger partial charge >= 0.3 is 0 Å². The third kappa shape index (κ3) is 5.33. The number of hydrogen-bond acceptors (Lipinski definition) is 6. The van der Waals surface area contributed by atoms with Gasteiger partial charge in [0.05, 0.1) is 41.4 Å². The monoisotopic (exact) mass is 333 g/mol. The first-order valence-corrected chi connectivity index (χ1v) is 10.2. The Morgan fingerprint density at radius 2 is 2.10 bits per heavy atom. The van der Waals surface area contributed by atoms with Crippen molar-refractivity contribution < 1.29 is 16.8 Å². The molecule has 0 aromatic carbocycles. The number of rotatable bonds is 6. The third-order valence-electron chi connectivity index (χ3n) is 3.43. The van der Waals surface area contributed by atoms with Crippen LogP contribution in [0.2, 0.25) is 0 Å². The van der Waals surface area contributed by atoms with Gasteiger partial charge in [-0.05, 0) is 25.7 Å². The highest BCUT2D eigenvalue weighted by molar-refractivity contribution is 7.91. The van der Waals surface area contributed by atoms with Crippen molar-refractivity contribution >= 4 is 19.9 Å². The SMILES string of the molecule is Cc1cnc(CNS(=O)(=O)CCC2CCS(=O)(=O)C2)cn1. The zero-order chi connectivity index (χ0) is 15.5. The van der Waals surface area contributed by atoms with E-state index >= 15 is 0 Å². The van der Waals surface area contributed by atoms with Crippen molar-refractivity contribution in [1.82, 2.24) is 14.7 Å². The molecule has 118 valence electrons. The van der Waals surface area contributed by atoms with Crippen LogP contribution in [0.4, 0.5) is 0 Å². The topological polar surface area (TPSA) is 106 Å². The van der Waals surface area contributed by atoms with E-state index in [0.717, 1.165) is 5.69 Å². The normalized spacial score (nSPS) is 21.5. The number of sulfone groups is 1. The zero-order valence-corrected chi connectivity index (χ0v) is 13.5. The summed E-state index contributed by atoms with van der Waals surface area (Å²) in [6.45, 7) is 1.90. The van der Waals surface area contributed by atoms with E-state index in [0.29, 0.717) is 18.5 Å². The fourth-order valence-electron chi connectivity index (χ4n) is 2.19. The van der Waals surface area contributed by atoms with Crippen LogP contribution in [-0.2, 0) is 26.4 Å². The van der Waals surface area contributed by atoms with Gasteiger partial charge in [0, 0.05) is 6.20 Å². The zero-order valence-electron chi connectivity index (χ0n) is 11.8. The first-order valence-electron chi connectivity index (χ1n) is 6.71. The van der Waals surface area contributed by atoms with E-state index in [4.69, 9.17) is 0 Å². The number of aromatic nitrogens is 2. The minimum absolute atomic E-state index is 0.0502. The standard InChI is InChI=1S/C12H19N3O4S2/c1-10-6-14-12(7-13-10)8-15-21(18,19)5-3-11-2-4-20(16,17)9-11/h6-7,11,15H,2-5,8-9H2,1H3. The molecule has 2 rings (SSSR count). The van der Waals surface area contributed by atoms with Gasteiger partial charge in [0.2, 0.25) is 10.0 Å². The third-order valence-corrected chi connectivity index (χ3v) is 6.62. The van der Waals surface area contributed by atoms with Gasteiger partial charge in [0.15, 0.2) is 9.84 Å². The highest BCUT2D eigenvalue weighted by Crippen LogP contribution is 2.21. The molecule has 1 fully saturated rings. The van der Waals surface area contributed by atoms with Crippen molar-refractivity contribution in [2.75, 3.05) is 17.3 Å². The van der Waals surface area contributed by atoms with E-state index < -0.39 is 19.9 Å². The highest BCUT2D eigenvalue weighted by atomic mass is 32.2. The molecule has 0 spiro atoms. The Morgan fingerprint density at radius 3 is 2.67 bits per heavy atom. The summed E-state index contributed by atoms with van der Waals surface area (Å²) in [4.78, 5) is 8.11. The van der Waals surface area contributed by atoms with Gasteiger partial charge in [0.1, 0.15) is 0 Å². The largest absolute Gasteiger partial charge is 0.258 e.